The van der Waals surface area contributed by atoms with Crippen molar-refractivity contribution in [3.8, 4) is 17.2 Å². The van der Waals surface area contributed by atoms with Gasteiger partial charge < -0.3 is 24.4 Å². The van der Waals surface area contributed by atoms with E-state index in [9.17, 15) is 9.59 Å². The molecule has 8 nitrogen and oxygen atoms in total. The highest BCUT2D eigenvalue weighted by Gasteiger charge is 2.44. The van der Waals surface area contributed by atoms with Crippen molar-refractivity contribution < 1.29 is 23.8 Å². The van der Waals surface area contributed by atoms with Crippen LogP contribution in [0.4, 0.5) is 0 Å². The fraction of sp³-hybridized carbons (Fsp3) is 0.321. The monoisotopic (exact) mass is 489 g/mol. The topological polar surface area (TPSA) is 90.0 Å². The number of aromatic nitrogens is 1. The number of pyridine rings is 1. The minimum Gasteiger partial charge on any atom is -0.493 e. The van der Waals surface area contributed by atoms with Gasteiger partial charge in [-0.2, -0.15) is 0 Å². The number of rotatable bonds is 9. The second kappa shape index (κ2) is 11.1. The SMILES string of the molecule is CCCN1C(=O)c2ccccc2[C@@H](C(=O)NCc2ccncc2)[C@@H]1c1cc(OC)c(OC)c(OC)c1. The van der Waals surface area contributed by atoms with E-state index in [-0.39, 0.29) is 11.8 Å². The minimum atomic E-state index is -0.643. The summed E-state index contributed by atoms with van der Waals surface area (Å²) in [7, 11) is 4.63. The van der Waals surface area contributed by atoms with Gasteiger partial charge in [0.2, 0.25) is 11.7 Å². The first-order valence-corrected chi connectivity index (χ1v) is 11.9. The third kappa shape index (κ3) is 4.71. The largest absolute Gasteiger partial charge is 0.493 e. The third-order valence-corrected chi connectivity index (χ3v) is 6.43. The molecule has 2 aromatic carbocycles. The van der Waals surface area contributed by atoms with Crippen LogP contribution in [0.3, 0.4) is 0 Å². The van der Waals surface area contributed by atoms with E-state index in [0.717, 1.165) is 17.5 Å². The van der Waals surface area contributed by atoms with Crippen LogP contribution >= 0.6 is 0 Å². The highest BCUT2D eigenvalue weighted by atomic mass is 16.5. The summed E-state index contributed by atoms with van der Waals surface area (Å²) in [5.41, 5.74) is 2.90. The van der Waals surface area contributed by atoms with Gasteiger partial charge in [-0.05, 0) is 53.4 Å². The number of amides is 2. The summed E-state index contributed by atoms with van der Waals surface area (Å²) < 4.78 is 16.7. The number of hydrogen-bond donors (Lipinski definition) is 1. The Bertz CT molecular complexity index is 1210. The zero-order valence-corrected chi connectivity index (χ0v) is 21.0. The molecule has 0 saturated heterocycles. The number of ether oxygens (including phenoxy) is 3. The van der Waals surface area contributed by atoms with E-state index >= 15 is 0 Å². The normalized spacial score (nSPS) is 16.8. The van der Waals surface area contributed by atoms with Crippen LogP contribution in [0.2, 0.25) is 0 Å². The van der Waals surface area contributed by atoms with Crippen molar-refractivity contribution in [2.24, 2.45) is 0 Å². The predicted molar refractivity (Wildman–Crippen MR) is 135 cm³/mol. The second-order valence-electron chi connectivity index (χ2n) is 8.54. The highest BCUT2D eigenvalue weighted by Crippen LogP contribution is 2.47. The summed E-state index contributed by atoms with van der Waals surface area (Å²) in [5, 5.41) is 3.07. The van der Waals surface area contributed by atoms with Crippen LogP contribution in [0.1, 0.15) is 52.4 Å². The summed E-state index contributed by atoms with van der Waals surface area (Å²) in [5.74, 6) is 0.453. The Kier molecular flexibility index (Phi) is 7.73. The number of hydrogen-bond acceptors (Lipinski definition) is 6. The molecular formula is C28H31N3O5. The second-order valence-corrected chi connectivity index (χ2v) is 8.54. The highest BCUT2D eigenvalue weighted by molar-refractivity contribution is 6.01. The molecule has 0 spiro atoms. The summed E-state index contributed by atoms with van der Waals surface area (Å²) in [6, 6.07) is 14.1. The maximum atomic E-state index is 13.9. The van der Waals surface area contributed by atoms with E-state index in [0.29, 0.717) is 41.5 Å². The lowest BCUT2D eigenvalue weighted by Crippen LogP contribution is -2.47. The molecule has 8 heteroatoms. The van der Waals surface area contributed by atoms with Crippen LogP contribution in [0.25, 0.3) is 0 Å². The van der Waals surface area contributed by atoms with Crippen LogP contribution in [0, 0.1) is 0 Å². The molecule has 0 radical (unpaired) electrons. The lowest BCUT2D eigenvalue weighted by atomic mass is 9.79. The molecule has 1 N–H and O–H groups in total. The van der Waals surface area contributed by atoms with Crippen molar-refractivity contribution in [2.45, 2.75) is 31.8 Å². The van der Waals surface area contributed by atoms with Crippen LogP contribution in [-0.4, -0.2) is 49.6 Å². The van der Waals surface area contributed by atoms with Crippen LogP contribution in [0.15, 0.2) is 60.9 Å². The van der Waals surface area contributed by atoms with E-state index in [1.165, 1.54) is 0 Å². The molecule has 0 saturated carbocycles. The van der Waals surface area contributed by atoms with Gasteiger partial charge in [0.25, 0.3) is 5.91 Å². The fourth-order valence-electron chi connectivity index (χ4n) is 4.80. The van der Waals surface area contributed by atoms with Crippen molar-refractivity contribution in [3.63, 3.8) is 0 Å². The lowest BCUT2D eigenvalue weighted by molar-refractivity contribution is -0.124. The molecule has 2 atom stereocenters. The molecule has 188 valence electrons. The average molecular weight is 490 g/mol. The molecule has 1 aromatic heterocycles. The summed E-state index contributed by atoms with van der Waals surface area (Å²) in [4.78, 5) is 33.3. The standard InChI is InChI=1S/C28H31N3O5/c1-5-14-31-25(19-15-22(34-2)26(36-4)23(16-19)35-3)24(20-8-6-7-9-21(20)28(31)33)27(32)30-17-18-10-12-29-13-11-18/h6-13,15-16,24-25H,5,14,17H2,1-4H3,(H,30,32)/t24-,25+/m1/s1. The first-order chi connectivity index (χ1) is 17.5. The Morgan fingerprint density at radius 3 is 2.28 bits per heavy atom. The molecule has 2 heterocycles. The number of carbonyl (C=O) groups is 2. The Morgan fingerprint density at radius 2 is 1.67 bits per heavy atom. The van der Waals surface area contributed by atoms with E-state index < -0.39 is 12.0 Å². The zero-order chi connectivity index (χ0) is 25.7. The van der Waals surface area contributed by atoms with Crippen LogP contribution in [0.5, 0.6) is 17.2 Å². The lowest BCUT2D eigenvalue weighted by Gasteiger charge is -2.42. The van der Waals surface area contributed by atoms with Gasteiger partial charge in [-0.1, -0.05) is 25.1 Å². The van der Waals surface area contributed by atoms with Crippen molar-refractivity contribution in [2.75, 3.05) is 27.9 Å². The number of nitrogens with one attached hydrogen (secondary N) is 1. The minimum absolute atomic E-state index is 0.107. The Hall–Kier alpha value is -4.07. The van der Waals surface area contributed by atoms with Gasteiger partial charge in [0.1, 0.15) is 0 Å². The van der Waals surface area contributed by atoms with Crippen LogP contribution in [-0.2, 0) is 11.3 Å². The molecule has 0 fully saturated rings. The Morgan fingerprint density at radius 1 is 1.00 bits per heavy atom. The smallest absolute Gasteiger partial charge is 0.254 e. The predicted octanol–water partition coefficient (Wildman–Crippen LogP) is 4.11. The molecule has 3 aromatic rings. The maximum Gasteiger partial charge on any atom is 0.254 e. The maximum absolute atomic E-state index is 13.9. The fourth-order valence-corrected chi connectivity index (χ4v) is 4.80. The Labute approximate surface area is 211 Å². The van der Waals surface area contributed by atoms with Crippen molar-refractivity contribution in [3.05, 3.63) is 83.2 Å². The van der Waals surface area contributed by atoms with Gasteiger partial charge in [0.15, 0.2) is 11.5 Å². The molecule has 1 aliphatic heterocycles. The van der Waals surface area contributed by atoms with Crippen LogP contribution < -0.4 is 19.5 Å². The van der Waals surface area contributed by atoms with E-state index in [1.807, 2.05) is 49.4 Å². The molecule has 0 aliphatic carbocycles. The molecule has 0 unspecified atom stereocenters. The van der Waals surface area contributed by atoms with E-state index in [2.05, 4.69) is 10.3 Å². The van der Waals surface area contributed by atoms with Gasteiger partial charge >= 0.3 is 0 Å². The first-order valence-electron chi connectivity index (χ1n) is 11.9. The molecule has 2 amide bonds. The third-order valence-electron chi connectivity index (χ3n) is 6.43. The number of carbonyl (C=O) groups excluding carboxylic acids is 2. The molecule has 36 heavy (non-hydrogen) atoms. The average Bonchev–Trinajstić information content (AvgIpc) is 2.92. The number of nitrogens with zero attached hydrogens (tertiary/aromatic N) is 2. The van der Waals surface area contributed by atoms with E-state index in [1.54, 1.807) is 44.7 Å². The zero-order valence-electron chi connectivity index (χ0n) is 21.0. The summed E-state index contributed by atoms with van der Waals surface area (Å²) in [6.07, 6.45) is 4.12. The van der Waals surface area contributed by atoms with Crippen molar-refractivity contribution >= 4 is 11.8 Å². The van der Waals surface area contributed by atoms with Gasteiger partial charge in [0, 0.05) is 31.0 Å². The van der Waals surface area contributed by atoms with Crippen molar-refractivity contribution in [1.29, 1.82) is 0 Å². The number of methoxy groups -OCH3 is 3. The van der Waals surface area contributed by atoms with E-state index in [4.69, 9.17) is 14.2 Å². The molecule has 4 rings (SSSR count). The molecule has 0 bridgehead atoms. The molecular weight excluding hydrogens is 458 g/mol. The summed E-state index contributed by atoms with van der Waals surface area (Å²) in [6.45, 7) is 2.85. The first kappa shape index (κ1) is 25.0. The molecule has 1 aliphatic rings. The van der Waals surface area contributed by atoms with Gasteiger partial charge in [-0.25, -0.2) is 0 Å². The van der Waals surface area contributed by atoms with Gasteiger partial charge in [0.05, 0.1) is 33.3 Å². The number of fused-ring (bicyclic) bond motifs is 1. The quantitative estimate of drug-likeness (QED) is 0.487. The number of benzene rings is 2. The van der Waals surface area contributed by atoms with Gasteiger partial charge in [-0.15, -0.1) is 0 Å². The van der Waals surface area contributed by atoms with Gasteiger partial charge in [-0.3, -0.25) is 14.6 Å². The summed E-state index contributed by atoms with van der Waals surface area (Å²) >= 11 is 0. The Balaban J connectivity index is 1.85. The van der Waals surface area contributed by atoms with Crippen molar-refractivity contribution in [1.82, 2.24) is 15.2 Å².